The van der Waals surface area contributed by atoms with E-state index in [1.165, 1.54) is 0 Å². The van der Waals surface area contributed by atoms with Crippen molar-refractivity contribution in [1.29, 1.82) is 0 Å². The smallest absolute Gasteiger partial charge is 0.133 e. The Kier molecular flexibility index (Phi) is 3.68. The molecule has 0 radical (unpaired) electrons. The molecule has 0 saturated heterocycles. The van der Waals surface area contributed by atoms with Gasteiger partial charge >= 0.3 is 0 Å². The Balaban J connectivity index is 2.39. The third-order valence-electron chi connectivity index (χ3n) is 5.91. The van der Waals surface area contributed by atoms with Crippen molar-refractivity contribution in [3.8, 4) is 12.3 Å². The summed E-state index contributed by atoms with van der Waals surface area (Å²) in [7, 11) is 0. The van der Waals surface area contributed by atoms with Crippen molar-refractivity contribution >= 4 is 0 Å². The summed E-state index contributed by atoms with van der Waals surface area (Å²) in [5.74, 6) is 3.05. The van der Waals surface area contributed by atoms with E-state index in [0.717, 1.165) is 6.42 Å². The number of terminal acetylenes is 1. The van der Waals surface area contributed by atoms with Crippen molar-refractivity contribution in [2.75, 3.05) is 0 Å². The molecule has 0 aromatic rings. The molecule has 2 aliphatic carbocycles. The highest BCUT2D eigenvalue weighted by molar-refractivity contribution is 5.26. The van der Waals surface area contributed by atoms with Crippen LogP contribution in [0.2, 0.25) is 0 Å². The molecule has 2 rings (SSSR count). The number of aliphatic hydroxyl groups is 2. The van der Waals surface area contributed by atoms with Gasteiger partial charge in [0.25, 0.3) is 0 Å². The molecule has 0 unspecified atom stereocenters. The van der Waals surface area contributed by atoms with Crippen molar-refractivity contribution < 1.29 is 10.2 Å². The molecule has 2 fully saturated rings. The summed E-state index contributed by atoms with van der Waals surface area (Å²) in [6, 6.07) is 0. The zero-order chi connectivity index (χ0) is 15.3. The standard InChI is InChI=1S/C18H26O2/c1-7-9-11(3)16(19)15-14-13(17(14,5)6)10-12(4)18(15,20)8-2/h2,9,11-16,19-20H,1,10H2,3-6H3/t11-,12-,13-,14-,15-,16-,18-/m1/s1. The van der Waals surface area contributed by atoms with Gasteiger partial charge in [-0.1, -0.05) is 40.2 Å². The molecule has 0 bridgehead atoms. The van der Waals surface area contributed by atoms with Crippen LogP contribution >= 0.6 is 0 Å². The van der Waals surface area contributed by atoms with Crippen molar-refractivity contribution in [1.82, 2.24) is 0 Å². The Morgan fingerprint density at radius 1 is 1.45 bits per heavy atom. The van der Waals surface area contributed by atoms with E-state index in [2.05, 4.69) is 32.1 Å². The molecule has 2 nitrogen and oxygen atoms in total. The van der Waals surface area contributed by atoms with Gasteiger partial charge in [-0.2, -0.15) is 0 Å². The molecule has 0 amide bonds. The third-order valence-corrected chi connectivity index (χ3v) is 5.91. The minimum absolute atomic E-state index is 0.00934. The van der Waals surface area contributed by atoms with Gasteiger partial charge in [-0.05, 0) is 35.7 Å². The van der Waals surface area contributed by atoms with Crippen LogP contribution in [0.15, 0.2) is 18.4 Å². The fourth-order valence-electron chi connectivity index (χ4n) is 4.44. The SMILES string of the molecule is C#C[C@]1(O)[C@@H]([C@H](O)[C@H](C)C=C=C)[C@H]2[C@@H](C[C@H]1C)C2(C)C. The van der Waals surface area contributed by atoms with Crippen LogP contribution in [0.3, 0.4) is 0 Å². The van der Waals surface area contributed by atoms with Gasteiger partial charge in [0.05, 0.1) is 6.10 Å². The van der Waals surface area contributed by atoms with Gasteiger partial charge in [0.2, 0.25) is 0 Å². The molecule has 110 valence electrons. The van der Waals surface area contributed by atoms with E-state index in [0.29, 0.717) is 5.92 Å². The molecular weight excluding hydrogens is 248 g/mol. The van der Waals surface area contributed by atoms with Crippen molar-refractivity contribution in [2.24, 2.45) is 35.0 Å². The van der Waals surface area contributed by atoms with Crippen LogP contribution in [-0.2, 0) is 0 Å². The Morgan fingerprint density at radius 3 is 2.55 bits per heavy atom. The average Bonchev–Trinajstić information content (AvgIpc) is 2.91. The van der Waals surface area contributed by atoms with E-state index >= 15 is 0 Å². The fourth-order valence-corrected chi connectivity index (χ4v) is 4.44. The van der Waals surface area contributed by atoms with Gasteiger partial charge in [0, 0.05) is 11.8 Å². The highest BCUT2D eigenvalue weighted by Crippen LogP contribution is 2.70. The van der Waals surface area contributed by atoms with Crippen LogP contribution in [0.25, 0.3) is 0 Å². The Bertz CT molecular complexity index is 480. The predicted octanol–water partition coefficient (Wildman–Crippen LogP) is 2.62. The van der Waals surface area contributed by atoms with E-state index < -0.39 is 11.7 Å². The summed E-state index contributed by atoms with van der Waals surface area (Å²) in [5, 5.41) is 21.7. The largest absolute Gasteiger partial charge is 0.392 e. The lowest BCUT2D eigenvalue weighted by Gasteiger charge is -2.44. The summed E-state index contributed by atoms with van der Waals surface area (Å²) in [6.07, 6.45) is 7.68. The first-order chi connectivity index (χ1) is 9.21. The van der Waals surface area contributed by atoms with Gasteiger partial charge < -0.3 is 10.2 Å². The number of fused-ring (bicyclic) bond motifs is 1. The van der Waals surface area contributed by atoms with E-state index in [1.54, 1.807) is 6.08 Å². The Morgan fingerprint density at radius 2 is 2.05 bits per heavy atom. The topological polar surface area (TPSA) is 40.5 Å². The maximum Gasteiger partial charge on any atom is 0.133 e. The molecule has 0 spiro atoms. The lowest BCUT2D eigenvalue weighted by Crippen LogP contribution is -2.53. The van der Waals surface area contributed by atoms with Crippen LogP contribution in [0.1, 0.15) is 34.1 Å². The normalized spacial score (nSPS) is 44.5. The summed E-state index contributed by atoms with van der Waals surface area (Å²) in [4.78, 5) is 0. The quantitative estimate of drug-likeness (QED) is 0.613. The first-order valence-corrected chi connectivity index (χ1v) is 7.46. The van der Waals surface area contributed by atoms with Crippen LogP contribution in [-0.4, -0.2) is 21.9 Å². The molecular formula is C18H26O2. The summed E-state index contributed by atoms with van der Waals surface area (Å²) < 4.78 is 0. The van der Waals surface area contributed by atoms with E-state index in [4.69, 9.17) is 6.42 Å². The number of rotatable bonds is 3. The molecule has 0 aromatic carbocycles. The minimum Gasteiger partial charge on any atom is -0.392 e. The van der Waals surface area contributed by atoms with Gasteiger partial charge in [-0.15, -0.1) is 12.2 Å². The summed E-state index contributed by atoms with van der Waals surface area (Å²) in [6.45, 7) is 11.9. The minimum atomic E-state index is -1.22. The van der Waals surface area contributed by atoms with Gasteiger partial charge in [0.1, 0.15) is 5.60 Å². The molecule has 0 heterocycles. The molecule has 20 heavy (non-hydrogen) atoms. The molecule has 0 aromatic heterocycles. The highest BCUT2D eigenvalue weighted by Gasteiger charge is 2.70. The summed E-state index contributed by atoms with van der Waals surface area (Å²) in [5.41, 5.74) is 1.65. The maximum atomic E-state index is 11.0. The van der Waals surface area contributed by atoms with Gasteiger partial charge in [-0.25, -0.2) is 0 Å². The molecule has 2 heteroatoms. The maximum absolute atomic E-state index is 11.0. The second-order valence-corrected chi connectivity index (χ2v) is 7.31. The van der Waals surface area contributed by atoms with E-state index in [9.17, 15) is 10.2 Å². The van der Waals surface area contributed by atoms with Crippen LogP contribution in [0.4, 0.5) is 0 Å². The molecule has 7 atom stereocenters. The zero-order valence-corrected chi connectivity index (χ0v) is 12.9. The molecule has 2 aliphatic rings. The second kappa shape index (κ2) is 4.78. The first-order valence-electron chi connectivity index (χ1n) is 7.46. The van der Waals surface area contributed by atoms with Crippen LogP contribution in [0, 0.1) is 47.3 Å². The van der Waals surface area contributed by atoms with Crippen LogP contribution in [0.5, 0.6) is 0 Å². The van der Waals surface area contributed by atoms with Gasteiger partial charge in [0.15, 0.2) is 0 Å². The van der Waals surface area contributed by atoms with Crippen molar-refractivity contribution in [2.45, 2.75) is 45.8 Å². The highest BCUT2D eigenvalue weighted by atomic mass is 16.3. The first kappa shape index (κ1) is 15.4. The number of aliphatic hydroxyl groups excluding tert-OH is 1. The lowest BCUT2D eigenvalue weighted by atomic mass is 9.65. The van der Waals surface area contributed by atoms with E-state index in [-0.39, 0.29) is 29.1 Å². The van der Waals surface area contributed by atoms with E-state index in [1.807, 2.05) is 13.8 Å². The van der Waals surface area contributed by atoms with Crippen molar-refractivity contribution in [3.05, 3.63) is 18.4 Å². The van der Waals surface area contributed by atoms with Crippen molar-refractivity contribution in [3.63, 3.8) is 0 Å². The Hall–Kier alpha value is -1.00. The third kappa shape index (κ3) is 1.97. The fraction of sp³-hybridized carbons (Fsp3) is 0.722. The number of hydrogen-bond acceptors (Lipinski definition) is 2. The molecule has 2 saturated carbocycles. The molecule has 2 N–H and O–H groups in total. The van der Waals surface area contributed by atoms with Gasteiger partial charge in [-0.3, -0.25) is 0 Å². The average molecular weight is 274 g/mol. The second-order valence-electron chi connectivity index (χ2n) is 7.31. The summed E-state index contributed by atoms with van der Waals surface area (Å²) >= 11 is 0. The zero-order valence-electron chi connectivity index (χ0n) is 12.9. The predicted molar refractivity (Wildman–Crippen MR) is 80.7 cm³/mol. The monoisotopic (exact) mass is 274 g/mol. The Labute approximate surface area is 122 Å². The molecule has 0 aliphatic heterocycles. The number of hydrogen-bond donors (Lipinski definition) is 2. The van der Waals surface area contributed by atoms with Crippen LogP contribution < -0.4 is 0 Å². The lowest BCUT2D eigenvalue weighted by molar-refractivity contribution is -0.104.